The van der Waals surface area contributed by atoms with E-state index < -0.39 is 0 Å². The van der Waals surface area contributed by atoms with E-state index in [0.29, 0.717) is 5.95 Å². The van der Waals surface area contributed by atoms with Crippen molar-refractivity contribution in [3.8, 4) is 0 Å². The molecule has 0 spiro atoms. The molecule has 0 bridgehead atoms. The first-order valence-corrected chi connectivity index (χ1v) is 4.35. The maximum absolute atomic E-state index is 5.78. The summed E-state index contributed by atoms with van der Waals surface area (Å²) in [4.78, 5) is 10.1. The summed E-state index contributed by atoms with van der Waals surface area (Å²) in [5.41, 5.74) is 11.3. The maximum Gasteiger partial charge on any atom is 0.221 e. The first kappa shape index (κ1) is 8.25. The van der Waals surface area contributed by atoms with E-state index in [1.807, 2.05) is 6.07 Å². The van der Waals surface area contributed by atoms with Gasteiger partial charge in [0.2, 0.25) is 5.95 Å². The Hall–Kier alpha value is -1.36. The molecule has 0 unspecified atom stereocenters. The van der Waals surface area contributed by atoms with Gasteiger partial charge < -0.3 is 16.4 Å². The van der Waals surface area contributed by atoms with E-state index in [4.69, 9.17) is 11.5 Å². The van der Waals surface area contributed by atoms with Crippen molar-refractivity contribution < 1.29 is 0 Å². The summed E-state index contributed by atoms with van der Waals surface area (Å²) in [6, 6.07) is 2.12. The standard InChI is InChI=1S/C8H13N5/c9-6-2-4-13(5-6)7-1-3-11-8(10)12-7/h1,3,6H,2,4-5,9H2,(H2,10,11,12)/t6-/m0/s1. The van der Waals surface area contributed by atoms with Crippen LogP contribution in [0.15, 0.2) is 12.3 Å². The highest BCUT2D eigenvalue weighted by molar-refractivity contribution is 5.42. The summed E-state index contributed by atoms with van der Waals surface area (Å²) in [6.07, 6.45) is 2.69. The average Bonchev–Trinajstić information content (AvgIpc) is 2.52. The highest BCUT2D eigenvalue weighted by Gasteiger charge is 2.20. The van der Waals surface area contributed by atoms with E-state index in [1.54, 1.807) is 6.20 Å². The van der Waals surface area contributed by atoms with Crippen molar-refractivity contribution in [2.75, 3.05) is 23.7 Å². The molecule has 4 N–H and O–H groups in total. The van der Waals surface area contributed by atoms with Crippen LogP contribution in [0.25, 0.3) is 0 Å². The molecule has 1 saturated heterocycles. The fourth-order valence-corrected chi connectivity index (χ4v) is 1.54. The van der Waals surface area contributed by atoms with Gasteiger partial charge in [-0.05, 0) is 12.5 Å². The van der Waals surface area contributed by atoms with Crippen LogP contribution in [0.2, 0.25) is 0 Å². The minimum atomic E-state index is 0.260. The Kier molecular flexibility index (Phi) is 2.02. The van der Waals surface area contributed by atoms with Gasteiger partial charge in [0.15, 0.2) is 0 Å². The van der Waals surface area contributed by atoms with Crippen LogP contribution in [0.5, 0.6) is 0 Å². The van der Waals surface area contributed by atoms with E-state index in [2.05, 4.69) is 14.9 Å². The lowest BCUT2D eigenvalue weighted by Gasteiger charge is -2.16. The highest BCUT2D eigenvalue weighted by Crippen LogP contribution is 2.16. The molecule has 2 rings (SSSR count). The first-order valence-electron chi connectivity index (χ1n) is 4.35. The Morgan fingerprint density at radius 1 is 1.54 bits per heavy atom. The zero-order valence-corrected chi connectivity index (χ0v) is 7.35. The van der Waals surface area contributed by atoms with E-state index in [0.717, 1.165) is 25.3 Å². The van der Waals surface area contributed by atoms with Crippen LogP contribution in [-0.4, -0.2) is 29.1 Å². The van der Waals surface area contributed by atoms with Crippen molar-refractivity contribution in [1.29, 1.82) is 0 Å². The summed E-state index contributed by atoms with van der Waals surface area (Å²) in [5.74, 6) is 1.19. The number of hydrogen-bond donors (Lipinski definition) is 2. The lowest BCUT2D eigenvalue weighted by atomic mass is 10.3. The second-order valence-corrected chi connectivity index (χ2v) is 3.27. The summed E-state index contributed by atoms with van der Waals surface area (Å²) >= 11 is 0. The Bertz CT molecular complexity index is 300. The molecule has 5 heteroatoms. The highest BCUT2D eigenvalue weighted by atomic mass is 15.2. The number of anilines is 2. The minimum Gasteiger partial charge on any atom is -0.368 e. The van der Waals surface area contributed by atoms with Gasteiger partial charge in [0.25, 0.3) is 0 Å². The average molecular weight is 179 g/mol. The fourth-order valence-electron chi connectivity index (χ4n) is 1.54. The predicted octanol–water partition coefficient (Wildman–Crippen LogP) is -0.404. The van der Waals surface area contributed by atoms with Crippen LogP contribution >= 0.6 is 0 Å². The third-order valence-corrected chi connectivity index (χ3v) is 2.21. The quantitative estimate of drug-likeness (QED) is 0.613. The summed E-state index contributed by atoms with van der Waals surface area (Å²) < 4.78 is 0. The molecular weight excluding hydrogens is 166 g/mol. The number of aromatic nitrogens is 2. The largest absolute Gasteiger partial charge is 0.368 e. The van der Waals surface area contributed by atoms with Crippen LogP contribution in [-0.2, 0) is 0 Å². The van der Waals surface area contributed by atoms with E-state index in [9.17, 15) is 0 Å². The smallest absolute Gasteiger partial charge is 0.221 e. The number of rotatable bonds is 1. The molecule has 0 aliphatic carbocycles. The van der Waals surface area contributed by atoms with Gasteiger partial charge in [-0.15, -0.1) is 0 Å². The molecule has 1 atom stereocenters. The molecule has 1 aromatic rings. The summed E-state index contributed by atoms with van der Waals surface area (Å²) in [5, 5.41) is 0. The van der Waals surface area contributed by atoms with E-state index >= 15 is 0 Å². The zero-order valence-electron chi connectivity index (χ0n) is 7.35. The molecule has 1 aliphatic heterocycles. The number of hydrogen-bond acceptors (Lipinski definition) is 5. The second-order valence-electron chi connectivity index (χ2n) is 3.27. The van der Waals surface area contributed by atoms with Gasteiger partial charge in [-0.2, -0.15) is 4.98 Å². The molecule has 13 heavy (non-hydrogen) atoms. The lowest BCUT2D eigenvalue weighted by Crippen LogP contribution is -2.27. The molecule has 0 radical (unpaired) electrons. The normalized spacial score (nSPS) is 22.2. The Morgan fingerprint density at radius 2 is 2.38 bits per heavy atom. The topological polar surface area (TPSA) is 81.1 Å². The van der Waals surface area contributed by atoms with E-state index in [1.165, 1.54) is 0 Å². The first-order chi connectivity index (χ1) is 6.25. The van der Waals surface area contributed by atoms with Gasteiger partial charge in [-0.25, -0.2) is 4.98 Å². The molecular formula is C8H13N5. The van der Waals surface area contributed by atoms with Crippen molar-refractivity contribution in [2.24, 2.45) is 5.73 Å². The van der Waals surface area contributed by atoms with Gasteiger partial charge in [0.1, 0.15) is 5.82 Å². The minimum absolute atomic E-state index is 0.260. The molecule has 0 saturated carbocycles. The van der Waals surface area contributed by atoms with Crippen LogP contribution in [0, 0.1) is 0 Å². The van der Waals surface area contributed by atoms with Gasteiger partial charge >= 0.3 is 0 Å². The van der Waals surface area contributed by atoms with Crippen LogP contribution in [0.4, 0.5) is 11.8 Å². The van der Waals surface area contributed by atoms with Crippen molar-refractivity contribution in [3.63, 3.8) is 0 Å². The molecule has 1 aliphatic rings. The molecule has 2 heterocycles. The van der Waals surface area contributed by atoms with E-state index in [-0.39, 0.29) is 6.04 Å². The van der Waals surface area contributed by atoms with Crippen LogP contribution in [0.1, 0.15) is 6.42 Å². The molecule has 1 fully saturated rings. The summed E-state index contributed by atoms with van der Waals surface area (Å²) in [7, 11) is 0. The Labute approximate surface area is 76.8 Å². The summed E-state index contributed by atoms with van der Waals surface area (Å²) in [6.45, 7) is 1.81. The third-order valence-electron chi connectivity index (χ3n) is 2.21. The van der Waals surface area contributed by atoms with Crippen molar-refractivity contribution in [3.05, 3.63) is 12.3 Å². The van der Waals surface area contributed by atoms with Crippen LogP contribution < -0.4 is 16.4 Å². The van der Waals surface area contributed by atoms with Crippen LogP contribution in [0.3, 0.4) is 0 Å². The Morgan fingerprint density at radius 3 is 3.00 bits per heavy atom. The lowest BCUT2D eigenvalue weighted by molar-refractivity contribution is 0.751. The number of nitrogens with zero attached hydrogens (tertiary/aromatic N) is 3. The molecule has 5 nitrogen and oxygen atoms in total. The van der Waals surface area contributed by atoms with Crippen molar-refractivity contribution >= 4 is 11.8 Å². The van der Waals surface area contributed by atoms with Gasteiger partial charge in [-0.3, -0.25) is 0 Å². The van der Waals surface area contributed by atoms with Gasteiger partial charge in [0.05, 0.1) is 0 Å². The molecule has 0 amide bonds. The van der Waals surface area contributed by atoms with Gasteiger partial charge in [0, 0.05) is 25.3 Å². The number of nitrogens with two attached hydrogens (primary N) is 2. The monoisotopic (exact) mass is 179 g/mol. The molecule has 1 aromatic heterocycles. The zero-order chi connectivity index (χ0) is 9.26. The van der Waals surface area contributed by atoms with Crippen molar-refractivity contribution in [1.82, 2.24) is 9.97 Å². The predicted molar refractivity (Wildman–Crippen MR) is 51.2 cm³/mol. The fraction of sp³-hybridized carbons (Fsp3) is 0.500. The molecule has 70 valence electrons. The third kappa shape index (κ3) is 1.70. The Balaban J connectivity index is 2.16. The van der Waals surface area contributed by atoms with Crippen molar-refractivity contribution in [2.45, 2.75) is 12.5 Å². The maximum atomic E-state index is 5.78. The number of nitrogen functional groups attached to an aromatic ring is 1. The van der Waals surface area contributed by atoms with Gasteiger partial charge in [-0.1, -0.05) is 0 Å². The second kappa shape index (κ2) is 3.18. The molecule has 0 aromatic carbocycles. The SMILES string of the molecule is Nc1nccc(N2CC[C@H](N)C2)n1.